The Morgan fingerprint density at radius 1 is 1.47 bits per heavy atom. The first-order valence-electron chi connectivity index (χ1n) is 6.59. The fourth-order valence-electron chi connectivity index (χ4n) is 2.58. The molecule has 0 bridgehead atoms. The Morgan fingerprint density at radius 2 is 2.21 bits per heavy atom. The Hall–Kier alpha value is -0.430. The van der Waals surface area contributed by atoms with Crippen molar-refractivity contribution in [3.05, 3.63) is 17.0 Å². The van der Waals surface area contributed by atoms with Gasteiger partial charge in [-0.2, -0.15) is 0 Å². The topological polar surface area (TPSA) is 58.2 Å². The third-order valence-electron chi connectivity index (χ3n) is 3.83. The van der Waals surface area contributed by atoms with Crippen molar-refractivity contribution in [3.63, 3.8) is 0 Å². The summed E-state index contributed by atoms with van der Waals surface area (Å²) in [6, 6.07) is 1.80. The molecule has 0 saturated heterocycles. The van der Waals surface area contributed by atoms with E-state index in [2.05, 4.69) is 23.9 Å². The molecule has 1 aromatic heterocycles. The van der Waals surface area contributed by atoms with Crippen molar-refractivity contribution in [2.24, 2.45) is 5.41 Å². The summed E-state index contributed by atoms with van der Waals surface area (Å²) < 4.78 is 28.0. The minimum atomic E-state index is -3.37. The summed E-state index contributed by atoms with van der Waals surface area (Å²) in [5.74, 6) is 0. The van der Waals surface area contributed by atoms with E-state index in [1.807, 2.05) is 12.4 Å². The molecule has 0 spiro atoms. The van der Waals surface area contributed by atoms with Crippen LogP contribution in [0.4, 0.5) is 0 Å². The van der Waals surface area contributed by atoms with Gasteiger partial charge >= 0.3 is 0 Å². The van der Waals surface area contributed by atoms with Crippen molar-refractivity contribution in [1.82, 2.24) is 10.0 Å². The average molecular weight is 302 g/mol. The molecule has 19 heavy (non-hydrogen) atoms. The molecular weight excluding hydrogens is 280 g/mol. The molecule has 1 atom stereocenters. The lowest BCUT2D eigenvalue weighted by molar-refractivity contribution is 0.313. The summed E-state index contributed by atoms with van der Waals surface area (Å²) >= 11 is 1.29. The Kier molecular flexibility index (Phi) is 4.35. The van der Waals surface area contributed by atoms with Crippen LogP contribution in [0.15, 0.2) is 15.7 Å². The smallest absolute Gasteiger partial charge is 0.250 e. The summed E-state index contributed by atoms with van der Waals surface area (Å²) in [5, 5.41) is 4.92. The Bertz CT molecular complexity index is 535. The third kappa shape index (κ3) is 3.37. The molecule has 1 aliphatic carbocycles. The maximum atomic E-state index is 12.4. The van der Waals surface area contributed by atoms with Crippen LogP contribution in [0.5, 0.6) is 0 Å². The first kappa shape index (κ1) is 15.0. The molecule has 1 aliphatic rings. The second-order valence-electron chi connectivity index (χ2n) is 5.86. The molecule has 0 aromatic carbocycles. The van der Waals surface area contributed by atoms with Crippen LogP contribution in [-0.4, -0.2) is 21.5 Å². The summed E-state index contributed by atoms with van der Waals surface area (Å²) in [7, 11) is -1.52. The van der Waals surface area contributed by atoms with Crippen LogP contribution >= 0.6 is 11.3 Å². The zero-order valence-corrected chi connectivity index (χ0v) is 13.3. The van der Waals surface area contributed by atoms with Gasteiger partial charge in [-0.25, -0.2) is 13.1 Å². The van der Waals surface area contributed by atoms with Crippen LogP contribution < -0.4 is 10.0 Å². The average Bonchev–Trinajstić information content (AvgIpc) is 2.88. The largest absolute Gasteiger partial charge is 0.316 e. The van der Waals surface area contributed by atoms with E-state index in [9.17, 15) is 8.42 Å². The molecule has 0 aliphatic heterocycles. The molecule has 1 heterocycles. The van der Waals surface area contributed by atoms with Crippen molar-refractivity contribution < 1.29 is 8.42 Å². The monoisotopic (exact) mass is 302 g/mol. The second-order valence-corrected chi connectivity index (χ2v) is 8.71. The van der Waals surface area contributed by atoms with Crippen molar-refractivity contribution >= 4 is 21.4 Å². The quantitative estimate of drug-likeness (QED) is 0.877. The SMILES string of the molecule is CNCc1csc(S(=O)(=O)NC2CCCC2(C)C)c1. The minimum absolute atomic E-state index is 0.0485. The van der Waals surface area contributed by atoms with Gasteiger partial charge in [-0.05, 0) is 42.3 Å². The highest BCUT2D eigenvalue weighted by Crippen LogP contribution is 2.38. The van der Waals surface area contributed by atoms with Gasteiger partial charge in [0.25, 0.3) is 0 Å². The number of hydrogen-bond acceptors (Lipinski definition) is 4. The molecule has 108 valence electrons. The van der Waals surface area contributed by atoms with Crippen LogP contribution in [-0.2, 0) is 16.6 Å². The van der Waals surface area contributed by atoms with Crippen molar-refractivity contribution in [2.45, 2.75) is 49.9 Å². The highest BCUT2D eigenvalue weighted by atomic mass is 32.2. The van der Waals surface area contributed by atoms with E-state index in [0.29, 0.717) is 10.8 Å². The fraction of sp³-hybridized carbons (Fsp3) is 0.692. The second kappa shape index (κ2) is 5.52. The van der Waals surface area contributed by atoms with E-state index in [4.69, 9.17) is 0 Å². The number of thiophene rings is 1. The van der Waals surface area contributed by atoms with Crippen molar-refractivity contribution in [2.75, 3.05) is 7.05 Å². The Labute approximate surface area is 119 Å². The molecular formula is C13H22N2O2S2. The fourth-order valence-corrected chi connectivity index (χ4v) is 5.25. The van der Waals surface area contributed by atoms with Crippen molar-refractivity contribution in [1.29, 1.82) is 0 Å². The zero-order valence-electron chi connectivity index (χ0n) is 11.7. The number of hydrogen-bond donors (Lipinski definition) is 2. The first-order valence-corrected chi connectivity index (χ1v) is 8.96. The van der Waals surface area contributed by atoms with Crippen LogP contribution in [0, 0.1) is 5.41 Å². The summed E-state index contributed by atoms with van der Waals surface area (Å²) in [5.41, 5.74) is 1.07. The highest BCUT2D eigenvalue weighted by Gasteiger charge is 2.37. The molecule has 2 rings (SSSR count). The van der Waals surface area contributed by atoms with E-state index in [0.717, 1.165) is 24.8 Å². The lowest BCUT2D eigenvalue weighted by atomic mass is 9.88. The van der Waals surface area contributed by atoms with Crippen LogP contribution in [0.2, 0.25) is 0 Å². The van der Waals surface area contributed by atoms with E-state index in [-0.39, 0.29) is 11.5 Å². The first-order chi connectivity index (χ1) is 8.85. The van der Waals surface area contributed by atoms with Gasteiger partial charge < -0.3 is 5.32 Å². The van der Waals surface area contributed by atoms with E-state index in [1.54, 1.807) is 6.07 Å². The van der Waals surface area contributed by atoms with Gasteiger partial charge in [-0.15, -0.1) is 11.3 Å². The van der Waals surface area contributed by atoms with Crippen LogP contribution in [0.25, 0.3) is 0 Å². The lowest BCUT2D eigenvalue weighted by Crippen LogP contribution is -2.41. The van der Waals surface area contributed by atoms with Crippen LogP contribution in [0.3, 0.4) is 0 Å². The standard InChI is InChI=1S/C13H22N2O2S2/c1-13(2)6-4-5-11(13)15-19(16,17)12-7-10(8-14-3)9-18-12/h7,9,11,14-15H,4-6,8H2,1-3H3. The molecule has 0 radical (unpaired) electrons. The van der Waals surface area contributed by atoms with Gasteiger partial charge in [0.05, 0.1) is 0 Å². The van der Waals surface area contributed by atoms with Gasteiger partial charge in [-0.1, -0.05) is 20.3 Å². The molecule has 1 aromatic rings. The van der Waals surface area contributed by atoms with Gasteiger partial charge in [0.1, 0.15) is 4.21 Å². The summed E-state index contributed by atoms with van der Waals surface area (Å²) in [6.45, 7) is 4.96. The Balaban J connectivity index is 2.13. The van der Waals surface area contributed by atoms with Gasteiger partial charge in [0.2, 0.25) is 10.0 Å². The highest BCUT2D eigenvalue weighted by molar-refractivity contribution is 7.91. The van der Waals surface area contributed by atoms with Crippen LogP contribution in [0.1, 0.15) is 38.7 Å². The summed E-state index contributed by atoms with van der Waals surface area (Å²) in [6.07, 6.45) is 3.10. The predicted molar refractivity (Wildman–Crippen MR) is 78.8 cm³/mol. The Morgan fingerprint density at radius 3 is 2.79 bits per heavy atom. The molecule has 4 nitrogen and oxygen atoms in total. The van der Waals surface area contributed by atoms with E-state index >= 15 is 0 Å². The number of nitrogens with one attached hydrogen (secondary N) is 2. The molecule has 1 saturated carbocycles. The number of rotatable bonds is 5. The van der Waals surface area contributed by atoms with E-state index in [1.165, 1.54) is 11.3 Å². The zero-order chi connectivity index (χ0) is 14.1. The number of sulfonamides is 1. The van der Waals surface area contributed by atoms with Gasteiger partial charge in [-0.3, -0.25) is 0 Å². The molecule has 2 N–H and O–H groups in total. The third-order valence-corrected chi connectivity index (χ3v) is 6.79. The predicted octanol–water partition coefficient (Wildman–Crippen LogP) is 2.32. The van der Waals surface area contributed by atoms with Gasteiger partial charge in [0.15, 0.2) is 0 Å². The normalized spacial score (nSPS) is 22.8. The maximum absolute atomic E-state index is 12.4. The molecule has 0 amide bonds. The molecule has 6 heteroatoms. The molecule has 1 fully saturated rings. The lowest BCUT2D eigenvalue weighted by Gasteiger charge is -2.27. The van der Waals surface area contributed by atoms with E-state index < -0.39 is 10.0 Å². The van der Waals surface area contributed by atoms with Crippen molar-refractivity contribution in [3.8, 4) is 0 Å². The molecule has 1 unspecified atom stereocenters. The maximum Gasteiger partial charge on any atom is 0.250 e. The summed E-state index contributed by atoms with van der Waals surface area (Å²) in [4.78, 5) is 0. The minimum Gasteiger partial charge on any atom is -0.316 e. The van der Waals surface area contributed by atoms with Gasteiger partial charge in [0, 0.05) is 12.6 Å².